The van der Waals surface area contributed by atoms with E-state index in [0.717, 1.165) is 6.42 Å². The standard InChI is InChI=1S/C17H21FN2O/c1-12-7-9-20(11-13(12)2)17(21)15-10-14(4-3-8-19)5-6-16(15)18/h5-6,10,12-13H,7-9,11,19H2,1-2H3. The molecule has 1 saturated heterocycles. The van der Waals surface area contributed by atoms with Crippen molar-refractivity contribution in [3.05, 3.63) is 35.1 Å². The molecule has 0 saturated carbocycles. The third kappa shape index (κ3) is 3.62. The number of nitrogens with two attached hydrogens (primary N) is 1. The number of carbonyl (C=O) groups excluding carboxylic acids is 1. The summed E-state index contributed by atoms with van der Waals surface area (Å²) in [5, 5.41) is 0. The molecule has 1 aromatic carbocycles. The molecular formula is C17H21FN2O. The molecule has 1 aliphatic heterocycles. The largest absolute Gasteiger partial charge is 0.338 e. The fourth-order valence-corrected chi connectivity index (χ4v) is 2.54. The van der Waals surface area contributed by atoms with Crippen LogP contribution in [0, 0.1) is 29.5 Å². The van der Waals surface area contributed by atoms with Crippen LogP contribution >= 0.6 is 0 Å². The van der Waals surface area contributed by atoms with Gasteiger partial charge in [0.05, 0.1) is 12.1 Å². The first-order valence-electron chi connectivity index (χ1n) is 7.30. The molecule has 112 valence electrons. The van der Waals surface area contributed by atoms with Crippen molar-refractivity contribution in [1.29, 1.82) is 0 Å². The second kappa shape index (κ2) is 6.73. The lowest BCUT2D eigenvalue weighted by Gasteiger charge is -2.35. The van der Waals surface area contributed by atoms with Crippen LogP contribution in [0.3, 0.4) is 0 Å². The molecule has 2 atom stereocenters. The molecule has 1 amide bonds. The number of piperidine rings is 1. The number of amides is 1. The van der Waals surface area contributed by atoms with E-state index in [1.807, 2.05) is 0 Å². The van der Waals surface area contributed by atoms with E-state index in [2.05, 4.69) is 25.7 Å². The Bertz CT molecular complexity index is 588. The minimum absolute atomic E-state index is 0.0978. The predicted octanol–water partition coefficient (Wildman–Crippen LogP) is 2.25. The van der Waals surface area contributed by atoms with E-state index in [1.54, 1.807) is 11.0 Å². The van der Waals surface area contributed by atoms with Crippen molar-refractivity contribution in [2.75, 3.05) is 19.6 Å². The van der Waals surface area contributed by atoms with Gasteiger partial charge in [-0.3, -0.25) is 4.79 Å². The maximum atomic E-state index is 14.0. The molecule has 0 aromatic heterocycles. The first-order valence-corrected chi connectivity index (χ1v) is 7.30. The molecule has 0 spiro atoms. The van der Waals surface area contributed by atoms with Gasteiger partial charge in [0.2, 0.25) is 0 Å². The van der Waals surface area contributed by atoms with Gasteiger partial charge in [0.25, 0.3) is 5.91 Å². The van der Waals surface area contributed by atoms with E-state index < -0.39 is 5.82 Å². The van der Waals surface area contributed by atoms with Gasteiger partial charge in [-0.25, -0.2) is 4.39 Å². The molecule has 2 rings (SSSR count). The minimum atomic E-state index is -0.496. The first kappa shape index (κ1) is 15.5. The van der Waals surface area contributed by atoms with E-state index in [4.69, 9.17) is 5.73 Å². The maximum Gasteiger partial charge on any atom is 0.256 e. The van der Waals surface area contributed by atoms with Gasteiger partial charge in [0.15, 0.2) is 0 Å². The van der Waals surface area contributed by atoms with Crippen molar-refractivity contribution < 1.29 is 9.18 Å². The number of halogens is 1. The van der Waals surface area contributed by atoms with E-state index >= 15 is 0 Å². The van der Waals surface area contributed by atoms with Crippen LogP contribution < -0.4 is 5.73 Å². The Morgan fingerprint density at radius 2 is 2.19 bits per heavy atom. The molecule has 4 heteroatoms. The number of benzene rings is 1. The molecule has 0 aliphatic carbocycles. The van der Waals surface area contributed by atoms with Crippen LogP contribution in [0.15, 0.2) is 18.2 Å². The highest BCUT2D eigenvalue weighted by molar-refractivity contribution is 5.95. The zero-order valence-corrected chi connectivity index (χ0v) is 12.5. The van der Waals surface area contributed by atoms with Crippen molar-refractivity contribution in [2.45, 2.75) is 20.3 Å². The Labute approximate surface area is 125 Å². The van der Waals surface area contributed by atoms with Crippen molar-refractivity contribution in [2.24, 2.45) is 17.6 Å². The Morgan fingerprint density at radius 1 is 1.43 bits per heavy atom. The van der Waals surface area contributed by atoms with Crippen LogP contribution in [-0.4, -0.2) is 30.4 Å². The predicted molar refractivity (Wildman–Crippen MR) is 81.2 cm³/mol. The van der Waals surface area contributed by atoms with Crippen LogP contribution in [-0.2, 0) is 0 Å². The quantitative estimate of drug-likeness (QED) is 0.806. The van der Waals surface area contributed by atoms with E-state index in [9.17, 15) is 9.18 Å². The Balaban J connectivity index is 2.22. The summed E-state index contributed by atoms with van der Waals surface area (Å²) in [7, 11) is 0. The fraction of sp³-hybridized carbons (Fsp3) is 0.471. The highest BCUT2D eigenvalue weighted by Crippen LogP contribution is 2.24. The number of rotatable bonds is 1. The van der Waals surface area contributed by atoms with Crippen LogP contribution in [0.2, 0.25) is 0 Å². The van der Waals surface area contributed by atoms with E-state index in [1.165, 1.54) is 12.1 Å². The molecule has 2 unspecified atom stereocenters. The molecule has 0 radical (unpaired) electrons. The maximum absolute atomic E-state index is 14.0. The molecule has 1 aliphatic rings. The monoisotopic (exact) mass is 288 g/mol. The molecule has 21 heavy (non-hydrogen) atoms. The zero-order chi connectivity index (χ0) is 15.4. The van der Waals surface area contributed by atoms with Crippen molar-refractivity contribution in [3.8, 4) is 11.8 Å². The molecular weight excluding hydrogens is 267 g/mol. The third-order valence-electron chi connectivity index (χ3n) is 4.15. The number of carbonyl (C=O) groups is 1. The normalized spacial score (nSPS) is 21.6. The van der Waals surface area contributed by atoms with Gasteiger partial charge in [-0.2, -0.15) is 0 Å². The second-order valence-electron chi connectivity index (χ2n) is 5.69. The highest BCUT2D eigenvalue weighted by Gasteiger charge is 2.27. The zero-order valence-electron chi connectivity index (χ0n) is 12.5. The van der Waals surface area contributed by atoms with Crippen LogP contribution in [0.25, 0.3) is 0 Å². The van der Waals surface area contributed by atoms with Gasteiger partial charge >= 0.3 is 0 Å². The number of hydrogen-bond donors (Lipinski definition) is 1. The topological polar surface area (TPSA) is 46.3 Å². The number of nitrogens with zero attached hydrogens (tertiary/aromatic N) is 1. The summed E-state index contributed by atoms with van der Waals surface area (Å²) < 4.78 is 14.0. The summed E-state index contributed by atoms with van der Waals surface area (Å²) in [6.45, 7) is 5.92. The van der Waals surface area contributed by atoms with Crippen LogP contribution in [0.4, 0.5) is 4.39 Å². The van der Waals surface area contributed by atoms with E-state index in [-0.39, 0.29) is 18.0 Å². The lowest BCUT2D eigenvalue weighted by atomic mass is 9.88. The molecule has 0 bridgehead atoms. The van der Waals surface area contributed by atoms with Gasteiger partial charge in [-0.15, -0.1) is 0 Å². The van der Waals surface area contributed by atoms with Gasteiger partial charge in [0.1, 0.15) is 5.82 Å². The SMILES string of the molecule is CC1CCN(C(=O)c2cc(C#CCN)ccc2F)CC1C. The van der Waals surface area contributed by atoms with Gasteiger partial charge in [-0.05, 0) is 36.5 Å². The summed E-state index contributed by atoms with van der Waals surface area (Å²) in [5.74, 6) is 5.84. The van der Waals surface area contributed by atoms with Crippen molar-refractivity contribution >= 4 is 5.91 Å². The summed E-state index contributed by atoms with van der Waals surface area (Å²) in [4.78, 5) is 14.3. The summed E-state index contributed by atoms with van der Waals surface area (Å²) in [6.07, 6.45) is 0.960. The lowest BCUT2D eigenvalue weighted by molar-refractivity contribution is 0.0623. The summed E-state index contributed by atoms with van der Waals surface area (Å²) in [6, 6.07) is 4.38. The van der Waals surface area contributed by atoms with Crippen molar-refractivity contribution in [1.82, 2.24) is 4.90 Å². The lowest BCUT2D eigenvalue weighted by Crippen LogP contribution is -2.42. The molecule has 3 nitrogen and oxygen atoms in total. The average Bonchev–Trinajstić information content (AvgIpc) is 2.48. The minimum Gasteiger partial charge on any atom is -0.338 e. The van der Waals surface area contributed by atoms with Crippen molar-refractivity contribution in [3.63, 3.8) is 0 Å². The Morgan fingerprint density at radius 3 is 2.86 bits per heavy atom. The van der Waals surface area contributed by atoms with Crippen LogP contribution in [0.1, 0.15) is 36.2 Å². The molecule has 1 fully saturated rings. The fourth-order valence-electron chi connectivity index (χ4n) is 2.54. The van der Waals surface area contributed by atoms with Gasteiger partial charge < -0.3 is 10.6 Å². The summed E-state index contributed by atoms with van der Waals surface area (Å²) in [5.41, 5.74) is 6.04. The third-order valence-corrected chi connectivity index (χ3v) is 4.15. The van der Waals surface area contributed by atoms with E-state index in [0.29, 0.717) is 30.5 Å². The summed E-state index contributed by atoms with van der Waals surface area (Å²) >= 11 is 0. The number of likely N-dealkylation sites (tertiary alicyclic amines) is 1. The first-order chi connectivity index (χ1) is 10.0. The Kier molecular flexibility index (Phi) is 4.98. The molecule has 1 heterocycles. The average molecular weight is 288 g/mol. The highest BCUT2D eigenvalue weighted by atomic mass is 19.1. The number of hydrogen-bond acceptors (Lipinski definition) is 2. The van der Waals surface area contributed by atoms with Gasteiger partial charge in [0, 0.05) is 18.7 Å². The van der Waals surface area contributed by atoms with Gasteiger partial charge in [-0.1, -0.05) is 25.7 Å². The molecule has 2 N–H and O–H groups in total. The van der Waals surface area contributed by atoms with Crippen LogP contribution in [0.5, 0.6) is 0 Å². The second-order valence-corrected chi connectivity index (χ2v) is 5.69. The molecule has 1 aromatic rings. The smallest absolute Gasteiger partial charge is 0.256 e. The Hall–Kier alpha value is -1.86.